The average Bonchev–Trinajstić information content (AvgIpc) is 2.73. The summed E-state index contributed by atoms with van der Waals surface area (Å²) in [6.07, 6.45) is 6.23. The number of ether oxygens (including phenoxy) is 1. The van der Waals surface area contributed by atoms with Crippen LogP contribution >= 0.6 is 11.9 Å². The van der Waals surface area contributed by atoms with Gasteiger partial charge in [0.1, 0.15) is 0 Å². The fourth-order valence-electron chi connectivity index (χ4n) is 3.44. The highest BCUT2D eigenvalue weighted by Crippen LogP contribution is 2.29. The zero-order valence-corrected chi connectivity index (χ0v) is 12.9. The summed E-state index contributed by atoms with van der Waals surface area (Å²) in [6.45, 7) is 2.27. The molecular weight excluding hydrogens is 246 g/mol. The molecule has 2 aliphatic rings. The molecule has 18 heavy (non-hydrogen) atoms. The van der Waals surface area contributed by atoms with Gasteiger partial charge in [-0.25, -0.2) is 0 Å². The lowest BCUT2D eigenvalue weighted by Gasteiger charge is -2.42. The first-order valence-electron chi connectivity index (χ1n) is 6.87. The number of methoxy groups -OCH3 is 1. The summed E-state index contributed by atoms with van der Waals surface area (Å²) in [5.41, 5.74) is 0. The first-order chi connectivity index (χ1) is 8.65. The van der Waals surface area contributed by atoms with Gasteiger partial charge in [0.2, 0.25) is 0 Å². The Bertz CT molecular complexity index is 267. The molecule has 4 atom stereocenters. The van der Waals surface area contributed by atoms with Crippen LogP contribution in [0.4, 0.5) is 0 Å². The second kappa shape index (κ2) is 6.57. The number of hydrogen-bond acceptors (Lipinski definition) is 5. The lowest BCUT2D eigenvalue weighted by molar-refractivity contribution is 0.0922. The van der Waals surface area contributed by atoms with Crippen molar-refractivity contribution in [1.82, 2.24) is 14.5 Å². The Balaban J connectivity index is 1.97. The number of nitrogens with one attached hydrogen (secondary N) is 1. The predicted molar refractivity (Wildman–Crippen MR) is 77.9 cm³/mol. The van der Waals surface area contributed by atoms with Gasteiger partial charge in [-0.3, -0.25) is 9.62 Å². The van der Waals surface area contributed by atoms with E-state index >= 15 is 0 Å². The van der Waals surface area contributed by atoms with E-state index in [9.17, 15) is 0 Å². The van der Waals surface area contributed by atoms with Crippen molar-refractivity contribution in [3.05, 3.63) is 0 Å². The number of likely N-dealkylation sites (tertiary alicyclic amines) is 2. The van der Waals surface area contributed by atoms with Crippen molar-refractivity contribution in [2.75, 3.05) is 40.6 Å². The maximum absolute atomic E-state index is 5.53. The van der Waals surface area contributed by atoms with Crippen molar-refractivity contribution in [3.63, 3.8) is 0 Å². The van der Waals surface area contributed by atoms with E-state index in [0.29, 0.717) is 24.2 Å². The minimum atomic E-state index is 0.419. The minimum Gasteiger partial charge on any atom is -0.380 e. The molecule has 2 rings (SSSR count). The average molecular weight is 273 g/mol. The topological polar surface area (TPSA) is 27.7 Å². The standard InChI is InChI=1S/C13H27N3OS/c1-15-6-5-10(14-18-4)7-12(15)13-8-11(17-3)9-16(13)2/h10-14H,5-9H2,1-4H3. The van der Waals surface area contributed by atoms with Crippen LogP contribution in [-0.4, -0.2) is 74.6 Å². The normalized spacial score (nSPS) is 39.3. The molecule has 106 valence electrons. The molecule has 0 aromatic carbocycles. The van der Waals surface area contributed by atoms with E-state index in [1.807, 2.05) is 7.11 Å². The molecule has 4 nitrogen and oxygen atoms in total. The van der Waals surface area contributed by atoms with Gasteiger partial charge >= 0.3 is 0 Å². The van der Waals surface area contributed by atoms with Gasteiger partial charge in [0.15, 0.2) is 0 Å². The third kappa shape index (κ3) is 3.20. The maximum Gasteiger partial charge on any atom is 0.0713 e. The van der Waals surface area contributed by atoms with Crippen LogP contribution in [-0.2, 0) is 4.74 Å². The fraction of sp³-hybridized carbons (Fsp3) is 1.00. The first-order valence-corrected chi connectivity index (χ1v) is 8.10. The van der Waals surface area contributed by atoms with E-state index in [0.717, 1.165) is 6.54 Å². The highest BCUT2D eigenvalue weighted by molar-refractivity contribution is 7.96. The Morgan fingerprint density at radius 1 is 1.17 bits per heavy atom. The number of nitrogens with zero attached hydrogens (tertiary/aromatic N) is 2. The molecule has 5 heteroatoms. The third-order valence-electron chi connectivity index (χ3n) is 4.55. The molecule has 1 N–H and O–H groups in total. The largest absolute Gasteiger partial charge is 0.380 e. The summed E-state index contributed by atoms with van der Waals surface area (Å²) in [5, 5.41) is 0. The quantitative estimate of drug-likeness (QED) is 0.773. The lowest BCUT2D eigenvalue weighted by Crippen LogP contribution is -2.53. The molecule has 2 heterocycles. The summed E-state index contributed by atoms with van der Waals surface area (Å²) in [5.74, 6) is 0. The van der Waals surface area contributed by atoms with E-state index < -0.39 is 0 Å². The van der Waals surface area contributed by atoms with Gasteiger partial charge in [0.05, 0.1) is 6.10 Å². The van der Waals surface area contributed by atoms with Crippen molar-refractivity contribution >= 4 is 11.9 Å². The molecule has 0 bridgehead atoms. The van der Waals surface area contributed by atoms with E-state index in [4.69, 9.17) is 4.74 Å². The van der Waals surface area contributed by atoms with Crippen LogP contribution in [0.2, 0.25) is 0 Å². The van der Waals surface area contributed by atoms with Gasteiger partial charge in [0.25, 0.3) is 0 Å². The van der Waals surface area contributed by atoms with Crippen LogP contribution < -0.4 is 4.72 Å². The molecule has 0 saturated carbocycles. The molecule has 4 unspecified atom stereocenters. The maximum atomic E-state index is 5.53. The summed E-state index contributed by atoms with van der Waals surface area (Å²) in [7, 11) is 6.35. The van der Waals surface area contributed by atoms with Crippen molar-refractivity contribution < 1.29 is 4.74 Å². The second-order valence-electron chi connectivity index (χ2n) is 5.69. The molecule has 0 amide bonds. The van der Waals surface area contributed by atoms with Crippen molar-refractivity contribution in [3.8, 4) is 0 Å². The van der Waals surface area contributed by atoms with E-state index in [1.54, 1.807) is 11.9 Å². The molecule has 2 saturated heterocycles. The van der Waals surface area contributed by atoms with E-state index in [2.05, 4.69) is 34.9 Å². The molecule has 0 radical (unpaired) electrons. The minimum absolute atomic E-state index is 0.419. The molecule has 0 aliphatic carbocycles. The molecule has 2 fully saturated rings. The number of hydrogen-bond donors (Lipinski definition) is 1. The Hall–Kier alpha value is 0.190. The van der Waals surface area contributed by atoms with Gasteiger partial charge < -0.3 is 9.64 Å². The fourth-order valence-corrected chi connectivity index (χ4v) is 3.99. The summed E-state index contributed by atoms with van der Waals surface area (Å²) < 4.78 is 9.07. The van der Waals surface area contributed by atoms with Crippen LogP contribution in [0, 0.1) is 0 Å². The first kappa shape index (κ1) is 14.6. The Kier molecular flexibility index (Phi) is 5.33. The van der Waals surface area contributed by atoms with E-state index in [-0.39, 0.29) is 0 Å². The smallest absolute Gasteiger partial charge is 0.0713 e. The Morgan fingerprint density at radius 2 is 1.89 bits per heavy atom. The highest BCUT2D eigenvalue weighted by atomic mass is 32.2. The van der Waals surface area contributed by atoms with Crippen molar-refractivity contribution in [1.29, 1.82) is 0 Å². The van der Waals surface area contributed by atoms with Crippen LogP contribution in [0.25, 0.3) is 0 Å². The van der Waals surface area contributed by atoms with Gasteiger partial charge in [-0.2, -0.15) is 0 Å². The number of rotatable bonds is 4. The molecular formula is C13H27N3OS. The summed E-state index contributed by atoms with van der Waals surface area (Å²) in [6, 6.07) is 1.97. The summed E-state index contributed by atoms with van der Waals surface area (Å²) in [4.78, 5) is 5.02. The summed E-state index contributed by atoms with van der Waals surface area (Å²) >= 11 is 1.75. The van der Waals surface area contributed by atoms with Crippen LogP contribution in [0.15, 0.2) is 0 Å². The Morgan fingerprint density at radius 3 is 2.50 bits per heavy atom. The monoisotopic (exact) mass is 273 g/mol. The molecule has 2 aliphatic heterocycles. The molecule has 0 aromatic heterocycles. The number of likely N-dealkylation sites (N-methyl/N-ethyl adjacent to an activating group) is 2. The third-order valence-corrected chi connectivity index (χ3v) is 5.12. The highest BCUT2D eigenvalue weighted by Gasteiger charge is 2.39. The van der Waals surface area contributed by atoms with Crippen LogP contribution in [0.1, 0.15) is 19.3 Å². The van der Waals surface area contributed by atoms with E-state index in [1.165, 1.54) is 25.8 Å². The number of piperidine rings is 1. The zero-order chi connectivity index (χ0) is 13.1. The van der Waals surface area contributed by atoms with Gasteiger partial charge in [-0.05, 0) is 46.2 Å². The molecule has 0 spiro atoms. The SMILES string of the molecule is COC1CC(C2CC(NSC)CCN2C)N(C)C1. The van der Waals surface area contributed by atoms with Gasteiger partial charge in [-0.1, -0.05) is 11.9 Å². The second-order valence-corrected chi connectivity index (χ2v) is 6.34. The van der Waals surface area contributed by atoms with Crippen molar-refractivity contribution in [2.24, 2.45) is 0 Å². The van der Waals surface area contributed by atoms with Crippen LogP contribution in [0.3, 0.4) is 0 Å². The van der Waals surface area contributed by atoms with Gasteiger partial charge in [-0.15, -0.1) is 0 Å². The Labute approximate surface area is 116 Å². The molecule has 0 aromatic rings. The lowest BCUT2D eigenvalue weighted by atomic mass is 9.91. The van der Waals surface area contributed by atoms with Crippen molar-refractivity contribution in [2.45, 2.75) is 43.5 Å². The van der Waals surface area contributed by atoms with Crippen LogP contribution in [0.5, 0.6) is 0 Å². The predicted octanol–water partition coefficient (Wildman–Crippen LogP) is 1.04. The zero-order valence-electron chi connectivity index (χ0n) is 12.1. The van der Waals surface area contributed by atoms with Gasteiger partial charge in [0, 0.05) is 31.8 Å².